The van der Waals surface area contributed by atoms with Gasteiger partial charge in [0.25, 0.3) is 5.91 Å². The monoisotopic (exact) mass is 311 g/mol. The molecule has 0 aliphatic carbocycles. The molecule has 0 spiro atoms. The van der Waals surface area contributed by atoms with Gasteiger partial charge in [0.15, 0.2) is 0 Å². The lowest BCUT2D eigenvalue weighted by molar-refractivity contribution is 0.0934. The molecule has 0 bridgehead atoms. The summed E-state index contributed by atoms with van der Waals surface area (Å²) in [6.07, 6.45) is 3.26. The fourth-order valence-corrected chi connectivity index (χ4v) is 1.86. The third kappa shape index (κ3) is 2.76. The van der Waals surface area contributed by atoms with Gasteiger partial charge in [-0.25, -0.2) is 9.37 Å². The minimum Gasteiger partial charge on any atom is -0.347 e. The summed E-state index contributed by atoms with van der Waals surface area (Å²) < 4.78 is 14.2. The van der Waals surface area contributed by atoms with E-state index in [1.54, 1.807) is 25.4 Å². The molecule has 0 saturated heterocycles. The van der Waals surface area contributed by atoms with E-state index in [4.69, 9.17) is 0 Å². The maximum atomic E-state index is 13.6. The van der Waals surface area contributed by atoms with Gasteiger partial charge in [-0.15, -0.1) is 0 Å². The Balaban J connectivity index is 2.12. The van der Waals surface area contributed by atoms with Gasteiger partial charge in [0.1, 0.15) is 11.6 Å². The summed E-state index contributed by atoms with van der Waals surface area (Å²) in [6, 6.07) is 4.00. The number of imidazole rings is 1. The van der Waals surface area contributed by atoms with Gasteiger partial charge < -0.3 is 10.3 Å². The van der Waals surface area contributed by atoms with Gasteiger partial charge in [-0.05, 0) is 25.1 Å². The SMILES string of the molecule is CC(NC(=O)c1ccc(Br)cc1F)c1ncc[nH]1. The molecule has 94 valence electrons. The molecule has 1 unspecified atom stereocenters. The van der Waals surface area contributed by atoms with Crippen molar-refractivity contribution in [3.05, 3.63) is 52.3 Å². The van der Waals surface area contributed by atoms with Gasteiger partial charge in [0.2, 0.25) is 0 Å². The number of halogens is 2. The molecular weight excluding hydrogens is 301 g/mol. The quantitative estimate of drug-likeness (QED) is 0.915. The van der Waals surface area contributed by atoms with E-state index >= 15 is 0 Å². The zero-order valence-corrected chi connectivity index (χ0v) is 11.2. The number of carbonyl (C=O) groups excluding carboxylic acids is 1. The largest absolute Gasteiger partial charge is 0.347 e. The molecule has 6 heteroatoms. The molecule has 1 aromatic heterocycles. The molecule has 4 nitrogen and oxygen atoms in total. The van der Waals surface area contributed by atoms with E-state index in [0.29, 0.717) is 10.3 Å². The van der Waals surface area contributed by atoms with Gasteiger partial charge in [-0.3, -0.25) is 4.79 Å². The Morgan fingerprint density at radius 1 is 1.56 bits per heavy atom. The average molecular weight is 312 g/mol. The minimum absolute atomic E-state index is 0.0107. The Hall–Kier alpha value is -1.69. The first-order valence-corrected chi connectivity index (χ1v) is 6.12. The lowest BCUT2D eigenvalue weighted by atomic mass is 10.2. The van der Waals surface area contributed by atoms with Crippen LogP contribution in [0.5, 0.6) is 0 Å². The molecule has 2 rings (SSSR count). The molecule has 1 aromatic carbocycles. The number of H-pyrrole nitrogens is 1. The molecule has 2 aromatic rings. The van der Waals surface area contributed by atoms with Crippen LogP contribution in [0.1, 0.15) is 29.1 Å². The highest BCUT2D eigenvalue weighted by atomic mass is 79.9. The van der Waals surface area contributed by atoms with E-state index in [0.717, 1.165) is 0 Å². The van der Waals surface area contributed by atoms with Crippen molar-refractivity contribution in [1.82, 2.24) is 15.3 Å². The topological polar surface area (TPSA) is 57.8 Å². The number of nitrogens with one attached hydrogen (secondary N) is 2. The van der Waals surface area contributed by atoms with Gasteiger partial charge in [-0.2, -0.15) is 0 Å². The lowest BCUT2D eigenvalue weighted by Gasteiger charge is -2.12. The molecule has 2 N–H and O–H groups in total. The molecule has 0 aliphatic rings. The highest BCUT2D eigenvalue weighted by Crippen LogP contribution is 2.16. The molecule has 0 saturated carbocycles. The van der Waals surface area contributed by atoms with Crippen molar-refractivity contribution in [2.24, 2.45) is 0 Å². The van der Waals surface area contributed by atoms with Crippen LogP contribution in [0.25, 0.3) is 0 Å². The number of hydrogen-bond acceptors (Lipinski definition) is 2. The van der Waals surface area contributed by atoms with Crippen molar-refractivity contribution in [2.45, 2.75) is 13.0 Å². The highest BCUT2D eigenvalue weighted by molar-refractivity contribution is 9.10. The summed E-state index contributed by atoms with van der Waals surface area (Å²) in [6.45, 7) is 1.77. The van der Waals surface area contributed by atoms with Crippen LogP contribution in [0.2, 0.25) is 0 Å². The number of rotatable bonds is 3. The van der Waals surface area contributed by atoms with Crippen LogP contribution in [-0.2, 0) is 0 Å². The van der Waals surface area contributed by atoms with Crippen molar-refractivity contribution in [2.75, 3.05) is 0 Å². The fourth-order valence-electron chi connectivity index (χ4n) is 1.53. The van der Waals surface area contributed by atoms with Crippen LogP contribution in [0.15, 0.2) is 35.1 Å². The Bertz CT molecular complexity index is 556. The third-order valence-corrected chi connectivity index (χ3v) is 2.95. The maximum Gasteiger partial charge on any atom is 0.254 e. The minimum atomic E-state index is -0.562. The van der Waals surface area contributed by atoms with Crippen LogP contribution in [-0.4, -0.2) is 15.9 Å². The van der Waals surface area contributed by atoms with Crippen molar-refractivity contribution in [3.8, 4) is 0 Å². The van der Waals surface area contributed by atoms with Crippen LogP contribution in [0.3, 0.4) is 0 Å². The Kier molecular flexibility index (Phi) is 3.76. The number of aromatic nitrogens is 2. The summed E-state index contributed by atoms with van der Waals surface area (Å²) >= 11 is 3.14. The van der Waals surface area contributed by atoms with Crippen LogP contribution < -0.4 is 5.32 Å². The molecule has 1 amide bonds. The van der Waals surface area contributed by atoms with Crippen LogP contribution in [0, 0.1) is 5.82 Å². The molecule has 0 radical (unpaired) electrons. The Labute approximate surface area is 112 Å². The van der Waals surface area contributed by atoms with Gasteiger partial charge >= 0.3 is 0 Å². The predicted molar refractivity (Wildman–Crippen MR) is 68.6 cm³/mol. The second kappa shape index (κ2) is 5.30. The normalized spacial score (nSPS) is 12.2. The highest BCUT2D eigenvalue weighted by Gasteiger charge is 2.16. The first kappa shape index (κ1) is 12.8. The van der Waals surface area contributed by atoms with E-state index in [1.165, 1.54) is 12.1 Å². The summed E-state index contributed by atoms with van der Waals surface area (Å²) in [4.78, 5) is 18.8. The van der Waals surface area contributed by atoms with E-state index in [1.807, 2.05) is 0 Å². The lowest BCUT2D eigenvalue weighted by Crippen LogP contribution is -2.28. The molecule has 0 aliphatic heterocycles. The summed E-state index contributed by atoms with van der Waals surface area (Å²) in [7, 11) is 0. The second-order valence-electron chi connectivity index (χ2n) is 3.79. The summed E-state index contributed by atoms with van der Waals surface area (Å²) in [5, 5.41) is 2.67. The first-order valence-electron chi connectivity index (χ1n) is 5.33. The maximum absolute atomic E-state index is 13.6. The molecule has 1 atom stereocenters. The fraction of sp³-hybridized carbons (Fsp3) is 0.167. The standard InChI is InChI=1S/C12H11BrFN3O/c1-7(11-15-4-5-16-11)17-12(18)9-3-2-8(13)6-10(9)14/h2-7H,1H3,(H,15,16)(H,17,18). The van der Waals surface area contributed by atoms with Crippen molar-refractivity contribution in [3.63, 3.8) is 0 Å². The Morgan fingerprint density at radius 2 is 2.33 bits per heavy atom. The number of hydrogen-bond donors (Lipinski definition) is 2. The van der Waals surface area contributed by atoms with Crippen molar-refractivity contribution >= 4 is 21.8 Å². The zero-order chi connectivity index (χ0) is 13.1. The summed E-state index contributed by atoms with van der Waals surface area (Å²) in [5.41, 5.74) is 0.0107. The van der Waals surface area contributed by atoms with Gasteiger partial charge in [0.05, 0.1) is 11.6 Å². The van der Waals surface area contributed by atoms with Crippen LogP contribution >= 0.6 is 15.9 Å². The van der Waals surface area contributed by atoms with Crippen molar-refractivity contribution in [1.29, 1.82) is 0 Å². The van der Waals surface area contributed by atoms with Crippen LogP contribution in [0.4, 0.5) is 4.39 Å². The number of nitrogens with zero attached hydrogens (tertiary/aromatic N) is 1. The number of aromatic amines is 1. The van der Waals surface area contributed by atoms with E-state index < -0.39 is 11.7 Å². The third-order valence-electron chi connectivity index (χ3n) is 2.45. The molecular formula is C12H11BrFN3O. The molecule has 0 fully saturated rings. The first-order chi connectivity index (χ1) is 8.58. The van der Waals surface area contributed by atoms with E-state index in [9.17, 15) is 9.18 Å². The summed E-state index contributed by atoms with van der Waals surface area (Å²) in [5.74, 6) is -0.404. The van der Waals surface area contributed by atoms with Gasteiger partial charge in [0, 0.05) is 16.9 Å². The smallest absolute Gasteiger partial charge is 0.254 e. The number of benzene rings is 1. The molecule has 1 heterocycles. The zero-order valence-electron chi connectivity index (χ0n) is 9.58. The Morgan fingerprint density at radius 3 is 2.94 bits per heavy atom. The van der Waals surface area contributed by atoms with Gasteiger partial charge in [-0.1, -0.05) is 15.9 Å². The number of carbonyl (C=O) groups is 1. The van der Waals surface area contributed by atoms with E-state index in [2.05, 4.69) is 31.2 Å². The predicted octanol–water partition coefficient (Wildman–Crippen LogP) is 2.80. The van der Waals surface area contributed by atoms with Crippen molar-refractivity contribution < 1.29 is 9.18 Å². The number of amides is 1. The second-order valence-corrected chi connectivity index (χ2v) is 4.71. The average Bonchev–Trinajstić information content (AvgIpc) is 2.81. The van der Waals surface area contributed by atoms with E-state index in [-0.39, 0.29) is 11.6 Å². The molecule has 18 heavy (non-hydrogen) atoms.